The molecular weight excluding hydrogens is 292 g/mol. The number of hydrogen-bond donors (Lipinski definition) is 2. The third kappa shape index (κ3) is 2.50. The third-order valence-corrected chi connectivity index (χ3v) is 4.89. The van der Waals surface area contributed by atoms with E-state index in [0.29, 0.717) is 17.2 Å². The number of carbonyl (C=O) groups is 1. The van der Waals surface area contributed by atoms with Gasteiger partial charge in [0.25, 0.3) is 0 Å². The van der Waals surface area contributed by atoms with Crippen molar-refractivity contribution < 1.29 is 14.6 Å². The number of carboxylic acids is 1. The molecule has 21 heavy (non-hydrogen) atoms. The quantitative estimate of drug-likeness (QED) is 0.872. The molecule has 3 unspecified atom stereocenters. The van der Waals surface area contributed by atoms with Crippen LogP contribution in [0.3, 0.4) is 0 Å². The van der Waals surface area contributed by atoms with E-state index in [2.05, 4.69) is 4.90 Å². The molecule has 2 aliphatic rings. The van der Waals surface area contributed by atoms with Gasteiger partial charge in [0.15, 0.2) is 5.72 Å². The summed E-state index contributed by atoms with van der Waals surface area (Å²) in [4.78, 5) is 13.5. The molecule has 2 heterocycles. The summed E-state index contributed by atoms with van der Waals surface area (Å²) in [5.41, 5.74) is 6.49. The van der Waals surface area contributed by atoms with Crippen molar-refractivity contribution in [3.63, 3.8) is 0 Å². The second kappa shape index (κ2) is 5.16. The van der Waals surface area contributed by atoms with Crippen molar-refractivity contribution in [1.82, 2.24) is 4.90 Å². The fourth-order valence-electron chi connectivity index (χ4n) is 3.50. The first-order valence-corrected chi connectivity index (χ1v) is 7.45. The summed E-state index contributed by atoms with van der Waals surface area (Å²) < 4.78 is 6.04. The number of piperidine rings is 1. The van der Waals surface area contributed by atoms with Crippen molar-refractivity contribution in [3.05, 3.63) is 28.8 Å². The number of benzene rings is 1. The first-order chi connectivity index (χ1) is 9.90. The Kier molecular flexibility index (Phi) is 3.59. The van der Waals surface area contributed by atoms with Crippen molar-refractivity contribution in [3.8, 4) is 5.75 Å². The van der Waals surface area contributed by atoms with Crippen LogP contribution in [0, 0.1) is 5.92 Å². The highest BCUT2D eigenvalue weighted by Gasteiger charge is 2.50. The van der Waals surface area contributed by atoms with E-state index in [0.717, 1.165) is 18.7 Å². The van der Waals surface area contributed by atoms with Crippen LogP contribution in [0.1, 0.15) is 24.3 Å². The van der Waals surface area contributed by atoms with Gasteiger partial charge in [0.2, 0.25) is 0 Å². The molecule has 1 aromatic rings. The molecule has 0 amide bonds. The smallest absolute Gasteiger partial charge is 0.303 e. The molecule has 3 N–H and O–H groups in total. The number of nitrogens with zero attached hydrogens (tertiary/aromatic N) is 1. The maximum atomic E-state index is 11.3. The molecule has 0 saturated carbocycles. The summed E-state index contributed by atoms with van der Waals surface area (Å²) in [6, 6.07) is 5.47. The van der Waals surface area contributed by atoms with Crippen LogP contribution in [-0.2, 0) is 4.79 Å². The van der Waals surface area contributed by atoms with Gasteiger partial charge in [0.05, 0.1) is 11.4 Å². The lowest BCUT2D eigenvalue weighted by Crippen LogP contribution is -2.63. The Bertz CT molecular complexity index is 580. The number of ether oxygens (including phenoxy) is 1. The minimum Gasteiger partial charge on any atom is -0.481 e. The molecule has 0 spiro atoms. The van der Waals surface area contributed by atoms with Gasteiger partial charge in [-0.3, -0.25) is 10.5 Å². The summed E-state index contributed by atoms with van der Waals surface area (Å²) in [6.07, 6.45) is 0.698. The molecule has 1 saturated heterocycles. The summed E-state index contributed by atoms with van der Waals surface area (Å²) in [7, 11) is 2.02. The Labute approximate surface area is 128 Å². The number of halogens is 1. The number of fused-ring (bicyclic) bond motifs is 2. The maximum absolute atomic E-state index is 11.3. The lowest BCUT2D eigenvalue weighted by atomic mass is 9.72. The molecule has 0 aromatic heterocycles. The molecule has 6 heteroatoms. The van der Waals surface area contributed by atoms with E-state index in [1.54, 1.807) is 6.07 Å². The maximum Gasteiger partial charge on any atom is 0.303 e. The van der Waals surface area contributed by atoms with Crippen molar-refractivity contribution in [2.24, 2.45) is 11.7 Å². The second-order valence-corrected chi connectivity index (χ2v) is 6.45. The molecule has 3 atom stereocenters. The molecule has 2 aliphatic heterocycles. The van der Waals surface area contributed by atoms with Gasteiger partial charge >= 0.3 is 5.97 Å². The van der Waals surface area contributed by atoms with Gasteiger partial charge in [0.1, 0.15) is 5.75 Å². The highest BCUT2D eigenvalue weighted by atomic mass is 35.5. The molecule has 3 rings (SSSR count). The Morgan fingerprint density at radius 2 is 2.38 bits per heavy atom. The van der Waals surface area contributed by atoms with Gasteiger partial charge in [-0.05, 0) is 18.7 Å². The first kappa shape index (κ1) is 14.6. The Balaban J connectivity index is 2.09. The van der Waals surface area contributed by atoms with E-state index < -0.39 is 11.7 Å². The molecule has 1 aromatic carbocycles. The number of hydrogen-bond acceptors (Lipinski definition) is 4. The fourth-order valence-corrected chi connectivity index (χ4v) is 3.72. The van der Waals surface area contributed by atoms with Gasteiger partial charge < -0.3 is 14.7 Å². The van der Waals surface area contributed by atoms with Gasteiger partial charge in [-0.25, -0.2) is 0 Å². The second-order valence-electron chi connectivity index (χ2n) is 6.04. The van der Waals surface area contributed by atoms with E-state index >= 15 is 0 Å². The lowest BCUT2D eigenvalue weighted by molar-refractivity contribution is -0.139. The number of para-hydroxylation sites is 1. The minimum atomic E-state index is -0.843. The van der Waals surface area contributed by atoms with E-state index in [1.807, 2.05) is 19.2 Å². The number of carboxylic acid groups (broad SMARTS) is 1. The third-order valence-electron chi connectivity index (χ3n) is 4.59. The Morgan fingerprint density at radius 3 is 3.10 bits per heavy atom. The SMILES string of the molecule is CN1CCC2(N)Oc3c(Cl)cccc3C(CC(=O)O)C2C1. The molecule has 114 valence electrons. The van der Waals surface area contributed by atoms with Crippen LogP contribution in [0.5, 0.6) is 5.75 Å². The first-order valence-electron chi connectivity index (χ1n) is 7.07. The average Bonchev–Trinajstić information content (AvgIpc) is 2.41. The van der Waals surface area contributed by atoms with Gasteiger partial charge in [-0.15, -0.1) is 0 Å². The topological polar surface area (TPSA) is 75.8 Å². The van der Waals surface area contributed by atoms with E-state index in [4.69, 9.17) is 22.1 Å². The molecule has 0 radical (unpaired) electrons. The Morgan fingerprint density at radius 1 is 1.62 bits per heavy atom. The highest BCUT2D eigenvalue weighted by Crippen LogP contribution is 2.49. The predicted molar refractivity (Wildman–Crippen MR) is 79.6 cm³/mol. The van der Waals surface area contributed by atoms with Crippen LogP contribution < -0.4 is 10.5 Å². The van der Waals surface area contributed by atoms with Crippen LogP contribution >= 0.6 is 11.6 Å². The van der Waals surface area contributed by atoms with Crippen LogP contribution in [0.4, 0.5) is 0 Å². The van der Waals surface area contributed by atoms with Crippen LogP contribution in [0.2, 0.25) is 5.02 Å². The largest absolute Gasteiger partial charge is 0.481 e. The molecule has 0 bridgehead atoms. The van der Waals surface area contributed by atoms with E-state index in [1.165, 1.54) is 0 Å². The van der Waals surface area contributed by atoms with E-state index in [9.17, 15) is 9.90 Å². The fraction of sp³-hybridized carbons (Fsp3) is 0.533. The van der Waals surface area contributed by atoms with Gasteiger partial charge in [-0.1, -0.05) is 23.7 Å². The Hall–Kier alpha value is -1.30. The highest BCUT2D eigenvalue weighted by molar-refractivity contribution is 6.32. The van der Waals surface area contributed by atoms with Crippen molar-refractivity contribution in [2.75, 3.05) is 20.1 Å². The van der Waals surface area contributed by atoms with Crippen LogP contribution in [0.25, 0.3) is 0 Å². The zero-order valence-electron chi connectivity index (χ0n) is 11.9. The van der Waals surface area contributed by atoms with Crippen molar-refractivity contribution in [2.45, 2.75) is 24.5 Å². The summed E-state index contributed by atoms with van der Waals surface area (Å²) >= 11 is 6.23. The molecule has 0 aliphatic carbocycles. The molecule has 1 fully saturated rings. The minimum absolute atomic E-state index is 0.0359. The van der Waals surface area contributed by atoms with Crippen molar-refractivity contribution >= 4 is 17.6 Å². The normalized spacial score (nSPS) is 32.0. The number of nitrogens with two attached hydrogens (primary N) is 1. The van der Waals surface area contributed by atoms with Crippen molar-refractivity contribution in [1.29, 1.82) is 0 Å². The number of likely N-dealkylation sites (tertiary alicyclic amines) is 1. The van der Waals surface area contributed by atoms with Gasteiger partial charge in [0, 0.05) is 31.3 Å². The summed E-state index contributed by atoms with van der Waals surface area (Å²) in [6.45, 7) is 1.55. The van der Waals surface area contributed by atoms with Crippen LogP contribution in [0.15, 0.2) is 18.2 Å². The standard InChI is InChI=1S/C15H19ClN2O3/c1-18-6-5-15(17)11(8-18)10(7-13(19)20)9-3-2-4-12(16)14(9)21-15/h2-4,10-11H,5-8,17H2,1H3,(H,19,20). The molecule has 5 nitrogen and oxygen atoms in total. The zero-order valence-corrected chi connectivity index (χ0v) is 12.6. The average molecular weight is 311 g/mol. The monoisotopic (exact) mass is 310 g/mol. The summed E-state index contributed by atoms with van der Waals surface area (Å²) in [5, 5.41) is 9.76. The number of rotatable bonds is 2. The number of aliphatic carboxylic acids is 1. The molecular formula is C15H19ClN2O3. The van der Waals surface area contributed by atoms with Crippen LogP contribution in [-0.4, -0.2) is 41.8 Å². The lowest BCUT2D eigenvalue weighted by Gasteiger charge is -2.51. The van der Waals surface area contributed by atoms with Gasteiger partial charge in [-0.2, -0.15) is 0 Å². The zero-order chi connectivity index (χ0) is 15.2. The summed E-state index contributed by atoms with van der Waals surface area (Å²) in [5.74, 6) is -0.520. The van der Waals surface area contributed by atoms with E-state index in [-0.39, 0.29) is 18.3 Å². The predicted octanol–water partition coefficient (Wildman–Crippen LogP) is 1.90.